The first-order valence-corrected chi connectivity index (χ1v) is 10.9. The number of halogens is 2. The average Bonchev–Trinajstić information content (AvgIpc) is 3.27. The van der Waals surface area contributed by atoms with Gasteiger partial charge in [-0.3, -0.25) is 4.57 Å². The van der Waals surface area contributed by atoms with Crippen molar-refractivity contribution >= 4 is 11.8 Å². The Balaban J connectivity index is 1.80. The van der Waals surface area contributed by atoms with Gasteiger partial charge in [-0.25, -0.2) is 8.78 Å². The Bertz CT molecular complexity index is 1220. The second-order valence-corrected chi connectivity index (χ2v) is 7.89. The molecule has 1 heterocycles. The number of hydrogen-bond acceptors (Lipinski definition) is 6. The van der Waals surface area contributed by atoms with Crippen molar-refractivity contribution < 1.29 is 23.0 Å². The van der Waals surface area contributed by atoms with Crippen LogP contribution >= 0.6 is 11.8 Å². The van der Waals surface area contributed by atoms with Gasteiger partial charge in [-0.1, -0.05) is 23.9 Å². The largest absolute Gasteiger partial charge is 0.493 e. The maximum absolute atomic E-state index is 13.6. The average molecular weight is 470 g/mol. The first-order chi connectivity index (χ1) is 16.0. The Morgan fingerprint density at radius 1 is 0.788 bits per heavy atom. The zero-order valence-corrected chi connectivity index (χ0v) is 19.0. The Morgan fingerprint density at radius 3 is 1.91 bits per heavy atom. The number of aromatic nitrogens is 3. The van der Waals surface area contributed by atoms with Gasteiger partial charge in [-0.05, 0) is 54.1 Å². The summed E-state index contributed by atoms with van der Waals surface area (Å²) in [4.78, 5) is 0. The summed E-state index contributed by atoms with van der Waals surface area (Å²) >= 11 is 1.43. The van der Waals surface area contributed by atoms with Crippen LogP contribution in [0.5, 0.6) is 17.2 Å². The van der Waals surface area contributed by atoms with Crippen molar-refractivity contribution in [3.8, 4) is 34.3 Å². The summed E-state index contributed by atoms with van der Waals surface area (Å²) in [5, 5.41) is 9.37. The molecule has 0 saturated heterocycles. The van der Waals surface area contributed by atoms with E-state index in [4.69, 9.17) is 14.2 Å². The molecule has 0 aliphatic rings. The predicted octanol–water partition coefficient (Wildman–Crippen LogP) is 5.53. The summed E-state index contributed by atoms with van der Waals surface area (Å²) in [6.07, 6.45) is 0. The summed E-state index contributed by atoms with van der Waals surface area (Å²) in [5.41, 5.74) is 2.30. The minimum Gasteiger partial charge on any atom is -0.493 e. The molecule has 0 saturated carbocycles. The third kappa shape index (κ3) is 4.78. The lowest BCUT2D eigenvalue weighted by molar-refractivity contribution is 0.324. The molecule has 0 fully saturated rings. The van der Waals surface area contributed by atoms with Crippen molar-refractivity contribution in [1.29, 1.82) is 0 Å². The molecule has 1 aromatic heterocycles. The fraction of sp³-hybridized carbons (Fsp3) is 0.167. The van der Waals surface area contributed by atoms with Crippen LogP contribution in [-0.2, 0) is 5.75 Å². The van der Waals surface area contributed by atoms with Crippen molar-refractivity contribution in [2.45, 2.75) is 10.9 Å². The Labute approximate surface area is 194 Å². The van der Waals surface area contributed by atoms with Crippen molar-refractivity contribution in [3.63, 3.8) is 0 Å². The van der Waals surface area contributed by atoms with Crippen LogP contribution < -0.4 is 14.2 Å². The summed E-state index contributed by atoms with van der Waals surface area (Å²) in [7, 11) is 4.61. The van der Waals surface area contributed by atoms with E-state index in [0.29, 0.717) is 45.2 Å². The zero-order chi connectivity index (χ0) is 23.4. The molecular formula is C24H21F2N3O3S. The van der Waals surface area contributed by atoms with Gasteiger partial charge in [0.25, 0.3) is 0 Å². The lowest BCUT2D eigenvalue weighted by atomic mass is 10.1. The van der Waals surface area contributed by atoms with Crippen LogP contribution in [0.3, 0.4) is 0 Å². The third-order valence-electron chi connectivity index (χ3n) is 4.92. The highest BCUT2D eigenvalue weighted by atomic mass is 32.2. The van der Waals surface area contributed by atoms with Gasteiger partial charge in [0.2, 0.25) is 5.75 Å². The molecule has 6 nitrogen and oxygen atoms in total. The number of methoxy groups -OCH3 is 3. The molecule has 0 amide bonds. The van der Waals surface area contributed by atoms with Gasteiger partial charge < -0.3 is 14.2 Å². The number of benzene rings is 3. The van der Waals surface area contributed by atoms with Crippen molar-refractivity contribution in [1.82, 2.24) is 14.8 Å². The van der Waals surface area contributed by atoms with Crippen LogP contribution in [0.25, 0.3) is 17.1 Å². The molecule has 9 heteroatoms. The van der Waals surface area contributed by atoms with E-state index in [0.717, 1.165) is 5.56 Å². The molecule has 0 aliphatic heterocycles. The molecule has 4 aromatic rings. The standard InChI is InChI=1S/C24H21F2N3O3S/c1-30-20-12-16(13-21(31-2)22(20)32-3)23-27-28-24(29(23)19-10-8-18(26)9-11-19)33-14-15-4-6-17(25)7-5-15/h4-13H,14H2,1-3H3. The molecule has 0 radical (unpaired) electrons. The van der Waals surface area contributed by atoms with Gasteiger partial charge in [0.1, 0.15) is 11.6 Å². The highest BCUT2D eigenvalue weighted by Crippen LogP contribution is 2.41. The van der Waals surface area contributed by atoms with Crippen LogP contribution in [0.15, 0.2) is 65.8 Å². The van der Waals surface area contributed by atoms with Crippen LogP contribution in [0.4, 0.5) is 8.78 Å². The smallest absolute Gasteiger partial charge is 0.203 e. The zero-order valence-electron chi connectivity index (χ0n) is 18.2. The van der Waals surface area contributed by atoms with Gasteiger partial charge in [-0.15, -0.1) is 10.2 Å². The minimum absolute atomic E-state index is 0.289. The summed E-state index contributed by atoms with van der Waals surface area (Å²) in [6, 6.07) is 15.9. The molecule has 33 heavy (non-hydrogen) atoms. The summed E-state index contributed by atoms with van der Waals surface area (Å²) in [5.74, 6) is 1.84. The number of hydrogen-bond donors (Lipinski definition) is 0. The van der Waals surface area contributed by atoms with E-state index in [9.17, 15) is 8.78 Å². The van der Waals surface area contributed by atoms with Crippen molar-refractivity contribution in [3.05, 3.63) is 77.9 Å². The maximum Gasteiger partial charge on any atom is 0.203 e. The maximum atomic E-state index is 13.6. The van der Waals surface area contributed by atoms with Crippen molar-refractivity contribution in [2.75, 3.05) is 21.3 Å². The lowest BCUT2D eigenvalue weighted by Crippen LogP contribution is -2.01. The molecule has 170 valence electrons. The fourth-order valence-corrected chi connectivity index (χ4v) is 4.22. The van der Waals surface area contributed by atoms with E-state index in [1.807, 2.05) is 4.57 Å². The van der Waals surface area contributed by atoms with Crippen molar-refractivity contribution in [2.24, 2.45) is 0 Å². The van der Waals surface area contributed by atoms with E-state index in [1.165, 1.54) is 57.4 Å². The number of ether oxygens (including phenoxy) is 3. The van der Waals surface area contributed by atoms with Gasteiger partial charge in [-0.2, -0.15) is 0 Å². The fourth-order valence-electron chi connectivity index (χ4n) is 3.31. The lowest BCUT2D eigenvalue weighted by Gasteiger charge is -2.15. The molecule has 0 bridgehead atoms. The highest BCUT2D eigenvalue weighted by Gasteiger charge is 2.21. The van der Waals surface area contributed by atoms with Gasteiger partial charge in [0.15, 0.2) is 22.5 Å². The second-order valence-electron chi connectivity index (χ2n) is 6.95. The quantitative estimate of drug-likeness (QED) is 0.316. The monoisotopic (exact) mass is 469 g/mol. The first-order valence-electron chi connectivity index (χ1n) is 9.93. The summed E-state index contributed by atoms with van der Waals surface area (Å²) < 4.78 is 45.0. The van der Waals surface area contributed by atoms with Gasteiger partial charge in [0.05, 0.1) is 21.3 Å². The third-order valence-corrected chi connectivity index (χ3v) is 5.92. The van der Waals surface area contributed by atoms with Gasteiger partial charge in [0, 0.05) is 17.0 Å². The molecular weight excluding hydrogens is 448 g/mol. The molecule has 0 spiro atoms. The molecule has 0 N–H and O–H groups in total. The van der Waals surface area contributed by atoms with E-state index in [1.54, 1.807) is 36.4 Å². The molecule has 0 atom stereocenters. The van der Waals surface area contributed by atoms with Crippen LogP contribution in [-0.4, -0.2) is 36.1 Å². The Kier molecular flexibility index (Phi) is 6.79. The van der Waals surface area contributed by atoms with Crippen LogP contribution in [0.2, 0.25) is 0 Å². The Hall–Kier alpha value is -3.59. The molecule has 3 aromatic carbocycles. The van der Waals surface area contributed by atoms with E-state index >= 15 is 0 Å². The minimum atomic E-state index is -0.346. The second kappa shape index (κ2) is 9.91. The normalized spacial score (nSPS) is 10.8. The number of rotatable bonds is 8. The van der Waals surface area contributed by atoms with Crippen LogP contribution in [0.1, 0.15) is 5.56 Å². The summed E-state index contributed by atoms with van der Waals surface area (Å²) in [6.45, 7) is 0. The molecule has 0 unspecified atom stereocenters. The van der Waals surface area contributed by atoms with Gasteiger partial charge >= 0.3 is 0 Å². The molecule has 0 aliphatic carbocycles. The first kappa shape index (κ1) is 22.6. The highest BCUT2D eigenvalue weighted by molar-refractivity contribution is 7.98. The van der Waals surface area contributed by atoms with E-state index < -0.39 is 0 Å². The topological polar surface area (TPSA) is 58.4 Å². The number of thioether (sulfide) groups is 1. The Morgan fingerprint density at radius 2 is 1.36 bits per heavy atom. The predicted molar refractivity (Wildman–Crippen MR) is 122 cm³/mol. The number of nitrogens with zero attached hydrogens (tertiary/aromatic N) is 3. The van der Waals surface area contributed by atoms with Crippen LogP contribution in [0, 0.1) is 11.6 Å². The van der Waals surface area contributed by atoms with E-state index in [2.05, 4.69) is 10.2 Å². The molecule has 4 rings (SSSR count). The van der Waals surface area contributed by atoms with E-state index in [-0.39, 0.29) is 11.6 Å². The SMILES string of the molecule is COc1cc(-c2nnc(SCc3ccc(F)cc3)n2-c2ccc(F)cc2)cc(OC)c1OC.